The SMILES string of the molecule is CCCCCCOc1ccc(C(=O)NNC(=O)c2cc(S(=O)(=O)N(C)C)ccc2Cl)cc1. The third-order valence-corrected chi connectivity index (χ3v) is 6.77. The molecule has 2 N–H and O–H groups in total. The van der Waals surface area contributed by atoms with Crippen molar-refractivity contribution in [2.24, 2.45) is 0 Å². The van der Waals surface area contributed by atoms with Crippen LogP contribution in [0.15, 0.2) is 47.4 Å². The number of ether oxygens (including phenoxy) is 1. The second-order valence-electron chi connectivity index (χ2n) is 7.27. The van der Waals surface area contributed by atoms with E-state index < -0.39 is 21.8 Å². The average Bonchev–Trinajstić information content (AvgIpc) is 2.77. The number of carbonyl (C=O) groups is 2. The number of halogens is 1. The number of hydrazine groups is 1. The van der Waals surface area contributed by atoms with E-state index in [0.29, 0.717) is 17.9 Å². The Morgan fingerprint density at radius 3 is 2.25 bits per heavy atom. The van der Waals surface area contributed by atoms with Gasteiger partial charge >= 0.3 is 0 Å². The number of carbonyl (C=O) groups excluding carboxylic acids is 2. The van der Waals surface area contributed by atoms with E-state index >= 15 is 0 Å². The van der Waals surface area contributed by atoms with Gasteiger partial charge in [0, 0.05) is 19.7 Å². The molecule has 0 radical (unpaired) electrons. The lowest BCUT2D eigenvalue weighted by molar-refractivity contribution is 0.0846. The van der Waals surface area contributed by atoms with Gasteiger partial charge in [0.1, 0.15) is 5.75 Å². The number of hydrogen-bond acceptors (Lipinski definition) is 5. The first kappa shape index (κ1) is 25.6. The average molecular weight is 482 g/mol. The van der Waals surface area contributed by atoms with Gasteiger partial charge in [-0.1, -0.05) is 37.8 Å². The number of benzene rings is 2. The van der Waals surface area contributed by atoms with Crippen molar-refractivity contribution in [3.63, 3.8) is 0 Å². The Morgan fingerprint density at radius 1 is 0.969 bits per heavy atom. The van der Waals surface area contributed by atoms with E-state index in [0.717, 1.165) is 29.6 Å². The first-order chi connectivity index (χ1) is 15.2. The zero-order valence-electron chi connectivity index (χ0n) is 18.4. The zero-order valence-corrected chi connectivity index (χ0v) is 19.9. The van der Waals surface area contributed by atoms with Crippen molar-refractivity contribution in [2.75, 3.05) is 20.7 Å². The number of amides is 2. The van der Waals surface area contributed by atoms with Gasteiger partial charge in [-0.15, -0.1) is 0 Å². The maximum Gasteiger partial charge on any atom is 0.271 e. The fourth-order valence-electron chi connectivity index (χ4n) is 2.72. The molecule has 0 spiro atoms. The summed E-state index contributed by atoms with van der Waals surface area (Å²) in [6.07, 6.45) is 4.43. The van der Waals surface area contributed by atoms with E-state index in [1.165, 1.54) is 32.6 Å². The molecule has 0 fully saturated rings. The molecule has 0 unspecified atom stereocenters. The number of unbranched alkanes of at least 4 members (excludes halogenated alkanes) is 3. The van der Waals surface area contributed by atoms with E-state index in [1.807, 2.05) is 0 Å². The van der Waals surface area contributed by atoms with Crippen molar-refractivity contribution in [1.82, 2.24) is 15.2 Å². The van der Waals surface area contributed by atoms with Gasteiger partial charge in [0.05, 0.1) is 22.1 Å². The van der Waals surface area contributed by atoms with Crippen molar-refractivity contribution in [3.8, 4) is 5.75 Å². The first-order valence-corrected chi connectivity index (χ1v) is 12.0. The van der Waals surface area contributed by atoms with Gasteiger partial charge in [-0.3, -0.25) is 20.4 Å². The summed E-state index contributed by atoms with van der Waals surface area (Å²) in [5.41, 5.74) is 4.78. The molecule has 0 aromatic heterocycles. The molecule has 0 atom stereocenters. The highest BCUT2D eigenvalue weighted by Gasteiger charge is 2.21. The van der Waals surface area contributed by atoms with Crippen LogP contribution >= 0.6 is 11.6 Å². The lowest BCUT2D eigenvalue weighted by atomic mass is 10.2. The van der Waals surface area contributed by atoms with Crippen LogP contribution in [-0.2, 0) is 10.0 Å². The second-order valence-corrected chi connectivity index (χ2v) is 9.83. The Bertz CT molecular complexity index is 1040. The Morgan fingerprint density at radius 2 is 1.62 bits per heavy atom. The van der Waals surface area contributed by atoms with Gasteiger partial charge in [0.15, 0.2) is 0 Å². The Hall–Kier alpha value is -2.62. The molecule has 2 aromatic carbocycles. The van der Waals surface area contributed by atoms with Crippen molar-refractivity contribution >= 4 is 33.4 Å². The van der Waals surface area contributed by atoms with Crippen LogP contribution in [-0.4, -0.2) is 45.2 Å². The fourth-order valence-corrected chi connectivity index (χ4v) is 3.86. The summed E-state index contributed by atoms with van der Waals surface area (Å²) in [6, 6.07) is 10.3. The van der Waals surface area contributed by atoms with Crippen LogP contribution in [0, 0.1) is 0 Å². The van der Waals surface area contributed by atoms with Crippen molar-refractivity contribution in [3.05, 3.63) is 58.6 Å². The number of nitrogens with one attached hydrogen (secondary N) is 2. The summed E-state index contributed by atoms with van der Waals surface area (Å²) in [7, 11) is -0.981. The molecule has 0 aliphatic heterocycles. The normalized spacial score (nSPS) is 11.3. The molecule has 10 heteroatoms. The van der Waals surface area contributed by atoms with Gasteiger partial charge in [-0.2, -0.15) is 0 Å². The summed E-state index contributed by atoms with van der Waals surface area (Å²) >= 11 is 6.04. The van der Waals surface area contributed by atoms with Gasteiger partial charge < -0.3 is 4.74 Å². The minimum atomic E-state index is -3.74. The molecule has 2 rings (SSSR count). The lowest BCUT2D eigenvalue weighted by Crippen LogP contribution is -2.41. The maximum atomic E-state index is 12.5. The third kappa shape index (κ3) is 6.94. The van der Waals surface area contributed by atoms with Gasteiger partial charge in [0.25, 0.3) is 11.8 Å². The number of rotatable bonds is 10. The van der Waals surface area contributed by atoms with Crippen LogP contribution in [0.3, 0.4) is 0 Å². The quantitative estimate of drug-likeness (QED) is 0.398. The van der Waals surface area contributed by atoms with Crippen LogP contribution in [0.2, 0.25) is 5.02 Å². The third-order valence-electron chi connectivity index (χ3n) is 4.63. The topological polar surface area (TPSA) is 105 Å². The van der Waals surface area contributed by atoms with E-state index in [9.17, 15) is 18.0 Å². The largest absolute Gasteiger partial charge is 0.494 e. The summed E-state index contributed by atoms with van der Waals surface area (Å²) in [5.74, 6) is -0.625. The number of hydrogen-bond donors (Lipinski definition) is 2. The minimum absolute atomic E-state index is 0.0508. The van der Waals surface area contributed by atoms with Crippen LogP contribution in [0.5, 0.6) is 5.75 Å². The molecule has 0 saturated carbocycles. The summed E-state index contributed by atoms with van der Waals surface area (Å²) in [4.78, 5) is 24.7. The number of nitrogens with zero attached hydrogens (tertiary/aromatic N) is 1. The highest BCUT2D eigenvalue weighted by Crippen LogP contribution is 2.22. The van der Waals surface area contributed by atoms with Crippen LogP contribution < -0.4 is 15.6 Å². The molecule has 0 aliphatic carbocycles. The predicted octanol–water partition coefficient (Wildman–Crippen LogP) is 3.62. The predicted molar refractivity (Wildman–Crippen MR) is 123 cm³/mol. The van der Waals surface area contributed by atoms with Crippen molar-refractivity contribution < 1.29 is 22.7 Å². The second kappa shape index (κ2) is 11.8. The van der Waals surface area contributed by atoms with Crippen molar-refractivity contribution in [2.45, 2.75) is 37.5 Å². The fraction of sp³-hybridized carbons (Fsp3) is 0.364. The highest BCUT2D eigenvalue weighted by molar-refractivity contribution is 7.89. The lowest BCUT2D eigenvalue weighted by Gasteiger charge is -2.13. The van der Waals surface area contributed by atoms with Gasteiger partial charge in [-0.05, 0) is 48.9 Å². The molecule has 174 valence electrons. The van der Waals surface area contributed by atoms with Crippen molar-refractivity contribution in [1.29, 1.82) is 0 Å². The molecule has 2 aromatic rings. The molecule has 8 nitrogen and oxygen atoms in total. The van der Waals surface area contributed by atoms with E-state index in [2.05, 4.69) is 17.8 Å². The van der Waals surface area contributed by atoms with Crippen LogP contribution in [0.1, 0.15) is 53.3 Å². The molecule has 0 saturated heterocycles. The van der Waals surface area contributed by atoms with E-state index in [4.69, 9.17) is 16.3 Å². The van der Waals surface area contributed by atoms with Gasteiger partial charge in [-0.25, -0.2) is 12.7 Å². The Balaban J connectivity index is 1.96. The summed E-state index contributed by atoms with van der Waals surface area (Å²) < 4.78 is 31.2. The van der Waals surface area contributed by atoms with E-state index in [1.54, 1.807) is 24.3 Å². The smallest absolute Gasteiger partial charge is 0.271 e. The Labute approximate surface area is 193 Å². The molecule has 0 bridgehead atoms. The first-order valence-electron chi connectivity index (χ1n) is 10.2. The summed E-state index contributed by atoms with van der Waals surface area (Å²) in [6.45, 7) is 2.76. The molecular formula is C22H28ClN3O5S. The molecule has 32 heavy (non-hydrogen) atoms. The maximum absolute atomic E-state index is 12.5. The molecule has 0 aliphatic rings. The van der Waals surface area contributed by atoms with Crippen LogP contribution in [0.25, 0.3) is 0 Å². The monoisotopic (exact) mass is 481 g/mol. The zero-order chi connectivity index (χ0) is 23.7. The number of sulfonamides is 1. The highest BCUT2D eigenvalue weighted by atomic mass is 35.5. The standard InChI is InChI=1S/C22H28ClN3O5S/c1-4-5-6-7-14-31-17-10-8-16(9-11-17)21(27)24-25-22(28)19-15-18(12-13-20(19)23)32(29,30)26(2)3/h8-13,15H,4-7,14H2,1-3H3,(H,24,27)(H,25,28). The van der Waals surface area contributed by atoms with Gasteiger partial charge in [0.2, 0.25) is 10.0 Å². The van der Waals surface area contributed by atoms with Crippen LogP contribution in [0.4, 0.5) is 0 Å². The molecule has 2 amide bonds. The minimum Gasteiger partial charge on any atom is -0.494 e. The summed E-state index contributed by atoms with van der Waals surface area (Å²) in [5, 5.41) is 0.0508. The molecular weight excluding hydrogens is 454 g/mol. The Kier molecular flexibility index (Phi) is 9.49. The van der Waals surface area contributed by atoms with E-state index in [-0.39, 0.29) is 15.5 Å². The molecule has 0 heterocycles.